The number of aliphatic hydroxyl groups is 1. The van der Waals surface area contributed by atoms with Gasteiger partial charge in [-0.05, 0) is 30.1 Å². The van der Waals surface area contributed by atoms with Gasteiger partial charge in [0.15, 0.2) is 0 Å². The Balaban J connectivity index is 3.54. The summed E-state index contributed by atoms with van der Waals surface area (Å²) in [5.41, 5.74) is 0. The molecular weight excluding hydrogens is 288 g/mol. The van der Waals surface area contributed by atoms with E-state index in [-0.39, 0.29) is 0 Å². The predicted molar refractivity (Wildman–Crippen MR) is 97.5 cm³/mol. The number of carboxylic acids is 1. The molecule has 138 valence electrons. The van der Waals surface area contributed by atoms with Gasteiger partial charge < -0.3 is 10.2 Å². The Morgan fingerprint density at radius 2 is 1.04 bits per heavy atom. The second-order valence-electron chi connectivity index (χ2n) is 7.99. The molecular formula is C20H40O3. The Kier molecular flexibility index (Phi) is 13.5. The first kappa shape index (κ1) is 22.4. The van der Waals surface area contributed by atoms with Crippen LogP contribution in [0, 0.1) is 23.7 Å². The van der Waals surface area contributed by atoms with Crippen LogP contribution in [-0.2, 0) is 4.79 Å². The number of hydrogen-bond acceptors (Lipinski definition) is 2. The molecule has 23 heavy (non-hydrogen) atoms. The Morgan fingerprint density at radius 1 is 0.696 bits per heavy atom. The van der Waals surface area contributed by atoms with Gasteiger partial charge >= 0.3 is 5.97 Å². The zero-order chi connectivity index (χ0) is 17.7. The van der Waals surface area contributed by atoms with E-state index in [9.17, 15) is 4.79 Å². The molecule has 0 saturated heterocycles. The van der Waals surface area contributed by atoms with Gasteiger partial charge in [0.2, 0.25) is 0 Å². The zero-order valence-corrected chi connectivity index (χ0v) is 15.9. The molecule has 0 bridgehead atoms. The van der Waals surface area contributed by atoms with E-state index in [0.29, 0.717) is 24.9 Å². The van der Waals surface area contributed by atoms with Crippen molar-refractivity contribution >= 4 is 5.97 Å². The fourth-order valence-corrected chi connectivity index (χ4v) is 3.22. The number of aliphatic hydroxyl groups excluding tert-OH is 1. The number of carbonyl (C=O) groups is 1. The fourth-order valence-electron chi connectivity index (χ4n) is 3.22. The van der Waals surface area contributed by atoms with Crippen molar-refractivity contribution in [1.82, 2.24) is 0 Å². The zero-order valence-electron chi connectivity index (χ0n) is 15.9. The molecule has 0 aliphatic heterocycles. The molecule has 0 aromatic rings. The smallest absolute Gasteiger partial charge is 0.303 e. The van der Waals surface area contributed by atoms with Crippen LogP contribution in [0.5, 0.6) is 0 Å². The largest absolute Gasteiger partial charge is 0.481 e. The number of carboxylic acid groups (broad SMARTS) is 1. The maximum atomic E-state index is 10.6. The van der Waals surface area contributed by atoms with Gasteiger partial charge in [-0.1, -0.05) is 79.1 Å². The summed E-state index contributed by atoms with van der Waals surface area (Å²) in [6.45, 7) is 9.15. The van der Waals surface area contributed by atoms with E-state index in [1.54, 1.807) is 0 Å². The summed E-state index contributed by atoms with van der Waals surface area (Å²) >= 11 is 0. The third-order valence-corrected chi connectivity index (χ3v) is 5.02. The lowest BCUT2D eigenvalue weighted by Gasteiger charge is -2.16. The molecule has 0 aromatic heterocycles. The molecule has 0 rings (SSSR count). The number of rotatable bonds is 15. The average Bonchev–Trinajstić information content (AvgIpc) is 2.46. The second kappa shape index (κ2) is 13.8. The first-order valence-corrected chi connectivity index (χ1v) is 9.67. The lowest BCUT2D eigenvalue weighted by atomic mass is 9.90. The summed E-state index contributed by atoms with van der Waals surface area (Å²) in [6, 6.07) is 0. The highest BCUT2D eigenvalue weighted by Crippen LogP contribution is 2.22. The van der Waals surface area contributed by atoms with E-state index in [1.165, 1.54) is 38.5 Å². The van der Waals surface area contributed by atoms with Crippen molar-refractivity contribution in [2.45, 2.75) is 91.9 Å². The van der Waals surface area contributed by atoms with Crippen LogP contribution in [0.25, 0.3) is 0 Å². The van der Waals surface area contributed by atoms with E-state index < -0.39 is 5.97 Å². The molecule has 0 aliphatic rings. The minimum Gasteiger partial charge on any atom is -0.481 e. The topological polar surface area (TPSA) is 57.5 Å². The Hall–Kier alpha value is -0.570. The van der Waals surface area contributed by atoms with Crippen LogP contribution in [0.4, 0.5) is 0 Å². The maximum absolute atomic E-state index is 10.6. The quantitative estimate of drug-likeness (QED) is 0.417. The third-order valence-electron chi connectivity index (χ3n) is 5.02. The van der Waals surface area contributed by atoms with Crippen LogP contribution in [-0.4, -0.2) is 22.8 Å². The lowest BCUT2D eigenvalue weighted by molar-refractivity contribution is -0.138. The summed E-state index contributed by atoms with van der Waals surface area (Å²) in [5.74, 6) is 1.64. The van der Waals surface area contributed by atoms with Crippen LogP contribution in [0.3, 0.4) is 0 Å². The van der Waals surface area contributed by atoms with Crippen LogP contribution < -0.4 is 0 Å². The van der Waals surface area contributed by atoms with E-state index in [0.717, 1.165) is 31.1 Å². The summed E-state index contributed by atoms with van der Waals surface area (Å²) < 4.78 is 0. The first-order chi connectivity index (χ1) is 10.8. The highest BCUT2D eigenvalue weighted by atomic mass is 16.4. The van der Waals surface area contributed by atoms with Crippen molar-refractivity contribution in [3.63, 3.8) is 0 Å². The monoisotopic (exact) mass is 328 g/mol. The van der Waals surface area contributed by atoms with E-state index >= 15 is 0 Å². The predicted octanol–water partition coefficient (Wildman–Crippen LogP) is 5.51. The summed E-state index contributed by atoms with van der Waals surface area (Å²) in [7, 11) is 0. The molecule has 3 heteroatoms. The van der Waals surface area contributed by atoms with Crippen LogP contribution >= 0.6 is 0 Å². The molecule has 0 aliphatic carbocycles. The van der Waals surface area contributed by atoms with Crippen molar-refractivity contribution in [3.05, 3.63) is 0 Å². The van der Waals surface area contributed by atoms with Crippen LogP contribution in [0.1, 0.15) is 91.9 Å². The Bertz CT molecular complexity index is 291. The minimum atomic E-state index is -0.673. The summed E-state index contributed by atoms with van der Waals surface area (Å²) in [4.78, 5) is 10.6. The molecule has 3 nitrogen and oxygen atoms in total. The normalized spacial score (nSPS) is 16.7. The third kappa shape index (κ3) is 14.7. The van der Waals surface area contributed by atoms with Gasteiger partial charge in [0, 0.05) is 13.0 Å². The van der Waals surface area contributed by atoms with Gasteiger partial charge in [0.05, 0.1) is 0 Å². The second-order valence-corrected chi connectivity index (χ2v) is 7.99. The lowest BCUT2D eigenvalue weighted by Crippen LogP contribution is -2.05. The van der Waals surface area contributed by atoms with Crippen molar-refractivity contribution in [2.75, 3.05) is 6.61 Å². The van der Waals surface area contributed by atoms with Crippen molar-refractivity contribution in [2.24, 2.45) is 23.7 Å². The van der Waals surface area contributed by atoms with Crippen molar-refractivity contribution < 1.29 is 15.0 Å². The Morgan fingerprint density at radius 3 is 1.39 bits per heavy atom. The highest BCUT2D eigenvalue weighted by molar-refractivity contribution is 5.66. The standard InChI is InChI=1S/C20H40O3/c1-16(10-6-12-18(3)14-20(22)23)8-5-9-17(2)11-7-13-19(4)15-21/h16-19,21H,5-15H2,1-4H3,(H,22,23). The van der Waals surface area contributed by atoms with Crippen LogP contribution in [0.2, 0.25) is 0 Å². The molecule has 0 saturated carbocycles. The van der Waals surface area contributed by atoms with Crippen molar-refractivity contribution in [3.8, 4) is 0 Å². The van der Waals surface area contributed by atoms with Crippen LogP contribution in [0.15, 0.2) is 0 Å². The molecule has 0 spiro atoms. The average molecular weight is 329 g/mol. The van der Waals surface area contributed by atoms with Gasteiger partial charge in [-0.3, -0.25) is 4.79 Å². The van der Waals surface area contributed by atoms with E-state index in [1.807, 2.05) is 6.92 Å². The molecule has 2 N–H and O–H groups in total. The molecule has 4 unspecified atom stereocenters. The van der Waals surface area contributed by atoms with E-state index in [2.05, 4.69) is 20.8 Å². The fraction of sp³-hybridized carbons (Fsp3) is 0.950. The van der Waals surface area contributed by atoms with Gasteiger partial charge in [0.25, 0.3) is 0 Å². The molecule has 0 radical (unpaired) electrons. The molecule has 0 aromatic carbocycles. The molecule has 0 fully saturated rings. The van der Waals surface area contributed by atoms with Crippen molar-refractivity contribution in [1.29, 1.82) is 0 Å². The van der Waals surface area contributed by atoms with E-state index in [4.69, 9.17) is 10.2 Å². The minimum absolute atomic E-state index is 0.306. The highest BCUT2D eigenvalue weighted by Gasteiger charge is 2.10. The van der Waals surface area contributed by atoms with Gasteiger partial charge in [-0.15, -0.1) is 0 Å². The molecule has 0 amide bonds. The van der Waals surface area contributed by atoms with Gasteiger partial charge in [-0.2, -0.15) is 0 Å². The summed E-state index contributed by atoms with van der Waals surface area (Å²) in [5, 5.41) is 17.8. The van der Waals surface area contributed by atoms with Gasteiger partial charge in [0.1, 0.15) is 0 Å². The molecule has 4 atom stereocenters. The number of hydrogen-bond donors (Lipinski definition) is 2. The molecule has 0 heterocycles. The SMILES string of the molecule is CC(CO)CCCC(C)CCCC(C)CCCC(C)CC(=O)O. The first-order valence-electron chi connectivity index (χ1n) is 9.67. The number of aliphatic carboxylic acids is 1. The maximum Gasteiger partial charge on any atom is 0.303 e. The Labute approximate surface area is 143 Å². The van der Waals surface area contributed by atoms with Gasteiger partial charge in [-0.25, -0.2) is 0 Å². The summed E-state index contributed by atoms with van der Waals surface area (Å²) in [6.07, 6.45) is 11.3.